The zero-order valence-corrected chi connectivity index (χ0v) is 15.1. The number of fused-ring (bicyclic) bond motifs is 1. The van der Waals surface area contributed by atoms with Crippen LogP contribution in [0.3, 0.4) is 0 Å². The second-order valence-electron chi connectivity index (χ2n) is 6.95. The van der Waals surface area contributed by atoms with Crippen molar-refractivity contribution in [2.45, 2.75) is 25.6 Å². The van der Waals surface area contributed by atoms with Gasteiger partial charge in [-0.2, -0.15) is 5.06 Å². The molecule has 0 radical (unpaired) electrons. The Labute approximate surface area is 158 Å². The van der Waals surface area contributed by atoms with Crippen molar-refractivity contribution < 1.29 is 19.5 Å². The number of rotatable bonds is 3. The maximum Gasteiger partial charge on any atom is 0.326 e. The van der Waals surface area contributed by atoms with Gasteiger partial charge in [-0.25, -0.2) is 0 Å². The lowest BCUT2D eigenvalue weighted by Crippen LogP contribution is -2.34. The molecule has 4 rings (SSSR count). The van der Waals surface area contributed by atoms with Gasteiger partial charge < -0.3 is 9.84 Å². The highest BCUT2D eigenvalue weighted by molar-refractivity contribution is 5.78. The van der Waals surface area contributed by atoms with E-state index in [9.17, 15) is 9.90 Å². The number of aryl methyl sites for hydroxylation is 1. The van der Waals surface area contributed by atoms with E-state index in [1.165, 1.54) is 5.56 Å². The third-order valence-electron chi connectivity index (χ3n) is 5.00. The first kappa shape index (κ1) is 17.7. The average Bonchev–Trinajstić information content (AvgIpc) is 3.23. The number of ether oxygens (including phenoxy) is 1. The van der Waals surface area contributed by atoms with Gasteiger partial charge in [0.15, 0.2) is 0 Å². The van der Waals surface area contributed by atoms with Crippen molar-refractivity contribution in [2.75, 3.05) is 13.2 Å². The largest absolute Gasteiger partial charge is 0.464 e. The van der Waals surface area contributed by atoms with Crippen LogP contribution in [0.2, 0.25) is 0 Å². The summed E-state index contributed by atoms with van der Waals surface area (Å²) in [5.41, 5.74) is 4.13. The lowest BCUT2D eigenvalue weighted by atomic mass is 9.98. The van der Waals surface area contributed by atoms with E-state index in [2.05, 4.69) is 18.8 Å². The van der Waals surface area contributed by atoms with Gasteiger partial charge in [0.2, 0.25) is 0 Å². The molecule has 5 heteroatoms. The lowest BCUT2D eigenvalue weighted by Gasteiger charge is -2.19. The lowest BCUT2D eigenvalue weighted by molar-refractivity contribution is -0.192. The zero-order valence-electron chi connectivity index (χ0n) is 15.1. The number of hydroxylamine groups is 2. The summed E-state index contributed by atoms with van der Waals surface area (Å²) in [4.78, 5) is 17.7. The monoisotopic (exact) mass is 363 g/mol. The molecule has 2 fully saturated rings. The van der Waals surface area contributed by atoms with Crippen LogP contribution in [0.4, 0.5) is 0 Å². The Hall–Kier alpha value is -2.65. The standard InChI is InChI=1S/C22H21NO4/c1-15-2-4-16(5-3-15)6-7-17-8-10-18(11-9-17)12-23-21-19(14-26-22(21)25)20(13-24)27-23/h2-5,8-11,19-21,24H,12-14H2,1H3. The number of hydrogen-bond acceptors (Lipinski definition) is 5. The van der Waals surface area contributed by atoms with Crippen LogP contribution in [0, 0.1) is 24.7 Å². The van der Waals surface area contributed by atoms with Gasteiger partial charge in [0.05, 0.1) is 25.7 Å². The fraction of sp³-hybridized carbons (Fsp3) is 0.318. The van der Waals surface area contributed by atoms with E-state index in [-0.39, 0.29) is 24.6 Å². The molecule has 0 aromatic heterocycles. The molecule has 0 amide bonds. The molecule has 2 aliphatic heterocycles. The van der Waals surface area contributed by atoms with Gasteiger partial charge >= 0.3 is 5.97 Å². The number of hydrogen-bond donors (Lipinski definition) is 1. The van der Waals surface area contributed by atoms with Crippen molar-refractivity contribution in [3.05, 3.63) is 70.8 Å². The number of nitrogens with zero attached hydrogens (tertiary/aromatic N) is 1. The first-order valence-electron chi connectivity index (χ1n) is 9.02. The van der Waals surface area contributed by atoms with Crippen LogP contribution in [0.15, 0.2) is 48.5 Å². The second kappa shape index (κ2) is 7.53. The number of carbonyl (C=O) groups is 1. The van der Waals surface area contributed by atoms with Crippen molar-refractivity contribution in [2.24, 2.45) is 5.92 Å². The van der Waals surface area contributed by atoms with Crippen molar-refractivity contribution in [1.82, 2.24) is 5.06 Å². The highest BCUT2D eigenvalue weighted by atomic mass is 16.7. The predicted molar refractivity (Wildman–Crippen MR) is 99.3 cm³/mol. The summed E-state index contributed by atoms with van der Waals surface area (Å²) in [6.07, 6.45) is -0.388. The molecular weight excluding hydrogens is 342 g/mol. The summed E-state index contributed by atoms with van der Waals surface area (Å²) >= 11 is 0. The Kier molecular flexibility index (Phi) is 4.95. The third kappa shape index (κ3) is 3.74. The Bertz CT molecular complexity index is 879. The molecule has 0 spiro atoms. The normalized spacial score (nSPS) is 24.2. The summed E-state index contributed by atoms with van der Waals surface area (Å²) < 4.78 is 5.13. The Morgan fingerprint density at radius 1 is 1.07 bits per heavy atom. The number of benzene rings is 2. The Balaban J connectivity index is 1.44. The van der Waals surface area contributed by atoms with E-state index in [0.717, 1.165) is 16.7 Å². The predicted octanol–water partition coefficient (Wildman–Crippen LogP) is 2.04. The van der Waals surface area contributed by atoms with Gasteiger partial charge in [0.25, 0.3) is 0 Å². The topological polar surface area (TPSA) is 59.0 Å². The quantitative estimate of drug-likeness (QED) is 0.668. The van der Waals surface area contributed by atoms with Gasteiger partial charge in [-0.1, -0.05) is 41.7 Å². The van der Waals surface area contributed by atoms with Gasteiger partial charge in [0, 0.05) is 11.1 Å². The molecule has 138 valence electrons. The van der Waals surface area contributed by atoms with E-state index in [0.29, 0.717) is 13.2 Å². The number of carbonyl (C=O) groups excluding carboxylic acids is 1. The highest BCUT2D eigenvalue weighted by Crippen LogP contribution is 2.34. The average molecular weight is 363 g/mol. The maximum absolute atomic E-state index is 12.0. The van der Waals surface area contributed by atoms with Crippen LogP contribution in [0.1, 0.15) is 22.3 Å². The number of aliphatic hydroxyl groups is 1. The van der Waals surface area contributed by atoms with Crippen LogP contribution in [0.25, 0.3) is 0 Å². The molecule has 0 bridgehead atoms. The third-order valence-corrected chi connectivity index (χ3v) is 5.00. The van der Waals surface area contributed by atoms with Crippen molar-refractivity contribution in [3.8, 4) is 11.8 Å². The molecule has 0 saturated carbocycles. The van der Waals surface area contributed by atoms with Crippen molar-refractivity contribution in [3.63, 3.8) is 0 Å². The van der Waals surface area contributed by atoms with Gasteiger partial charge in [-0.3, -0.25) is 9.63 Å². The smallest absolute Gasteiger partial charge is 0.326 e. The minimum absolute atomic E-state index is 0.109. The van der Waals surface area contributed by atoms with Gasteiger partial charge in [0.1, 0.15) is 12.1 Å². The molecule has 0 aliphatic carbocycles. The number of cyclic esters (lactones) is 1. The van der Waals surface area contributed by atoms with Crippen molar-refractivity contribution >= 4 is 5.97 Å². The molecule has 2 aromatic rings. The number of esters is 1. The summed E-state index contributed by atoms with van der Waals surface area (Å²) in [6, 6.07) is 15.5. The van der Waals surface area contributed by atoms with Crippen LogP contribution in [-0.2, 0) is 20.9 Å². The first-order chi connectivity index (χ1) is 13.1. The molecule has 2 saturated heterocycles. The first-order valence-corrected chi connectivity index (χ1v) is 9.02. The highest BCUT2D eigenvalue weighted by Gasteiger charge is 2.52. The van der Waals surface area contributed by atoms with Gasteiger partial charge in [-0.15, -0.1) is 0 Å². The summed E-state index contributed by atoms with van der Waals surface area (Å²) in [7, 11) is 0. The Morgan fingerprint density at radius 2 is 1.70 bits per heavy atom. The molecule has 2 heterocycles. The van der Waals surface area contributed by atoms with Crippen LogP contribution in [-0.4, -0.2) is 41.5 Å². The van der Waals surface area contributed by atoms with Crippen LogP contribution >= 0.6 is 0 Å². The van der Waals surface area contributed by atoms with E-state index >= 15 is 0 Å². The van der Waals surface area contributed by atoms with Crippen LogP contribution in [0.5, 0.6) is 0 Å². The minimum Gasteiger partial charge on any atom is -0.464 e. The molecule has 2 aliphatic rings. The minimum atomic E-state index is -0.442. The molecular formula is C22H21NO4. The van der Waals surface area contributed by atoms with E-state index in [1.807, 2.05) is 48.5 Å². The maximum atomic E-state index is 12.0. The zero-order chi connectivity index (χ0) is 18.8. The fourth-order valence-electron chi connectivity index (χ4n) is 3.45. The molecule has 2 aromatic carbocycles. The fourth-order valence-corrected chi connectivity index (χ4v) is 3.45. The van der Waals surface area contributed by atoms with Crippen LogP contribution < -0.4 is 0 Å². The van der Waals surface area contributed by atoms with Crippen molar-refractivity contribution in [1.29, 1.82) is 0 Å². The Morgan fingerprint density at radius 3 is 2.33 bits per heavy atom. The summed E-state index contributed by atoms with van der Waals surface area (Å²) in [6.45, 7) is 2.69. The molecule has 5 nitrogen and oxygen atoms in total. The summed E-state index contributed by atoms with van der Waals surface area (Å²) in [5, 5.41) is 11.1. The van der Waals surface area contributed by atoms with E-state index < -0.39 is 6.04 Å². The van der Waals surface area contributed by atoms with E-state index in [4.69, 9.17) is 9.57 Å². The number of aliphatic hydroxyl groups excluding tert-OH is 1. The van der Waals surface area contributed by atoms with Gasteiger partial charge in [-0.05, 0) is 36.8 Å². The summed E-state index contributed by atoms with van der Waals surface area (Å²) in [5.74, 6) is 5.93. The molecule has 27 heavy (non-hydrogen) atoms. The molecule has 1 N–H and O–H groups in total. The SMILES string of the molecule is Cc1ccc(C#Cc2ccc(CN3OC(CO)C4COC(=O)C43)cc2)cc1. The molecule has 3 unspecified atom stereocenters. The second-order valence-corrected chi connectivity index (χ2v) is 6.95. The van der Waals surface area contributed by atoms with E-state index in [1.54, 1.807) is 5.06 Å². The molecule has 3 atom stereocenters.